The Hall–Kier alpha value is -0.890. The van der Waals surface area contributed by atoms with Crippen molar-refractivity contribution in [2.45, 2.75) is 13.3 Å². The molecule has 0 aliphatic carbocycles. The van der Waals surface area contributed by atoms with Crippen molar-refractivity contribution in [3.63, 3.8) is 0 Å². The lowest BCUT2D eigenvalue weighted by molar-refractivity contribution is 0.355. The Kier molecular flexibility index (Phi) is 3.82. The molecule has 4 heteroatoms. The van der Waals surface area contributed by atoms with Gasteiger partial charge >= 0.3 is 7.60 Å². The quantitative estimate of drug-likeness (QED) is 0.768. The normalized spacial score (nSPS) is 20.1. The topological polar surface area (TPSA) is 35.5 Å². The molecule has 1 saturated heterocycles. The van der Waals surface area contributed by atoms with Crippen molar-refractivity contribution in [2.75, 3.05) is 13.2 Å². The molecule has 1 aromatic carbocycles. The van der Waals surface area contributed by atoms with Crippen LogP contribution >= 0.6 is 7.60 Å². The summed E-state index contributed by atoms with van der Waals surface area (Å²) in [6, 6.07) is 10.1. The highest BCUT2D eigenvalue weighted by molar-refractivity contribution is 7.58. The van der Waals surface area contributed by atoms with E-state index in [0.29, 0.717) is 18.5 Å². The molecule has 17 heavy (non-hydrogen) atoms. The SMILES string of the molecule is C=C(C(C)Cc1ccccc1)P1(=O)OCCO1. The Morgan fingerprint density at radius 3 is 2.53 bits per heavy atom. The van der Waals surface area contributed by atoms with E-state index in [1.165, 1.54) is 5.56 Å². The summed E-state index contributed by atoms with van der Waals surface area (Å²) in [6.45, 7) is 6.69. The van der Waals surface area contributed by atoms with Gasteiger partial charge in [0.1, 0.15) is 0 Å². The van der Waals surface area contributed by atoms with Crippen molar-refractivity contribution in [2.24, 2.45) is 5.92 Å². The molecule has 0 radical (unpaired) electrons. The maximum Gasteiger partial charge on any atom is 0.357 e. The van der Waals surface area contributed by atoms with Crippen LogP contribution in [0, 0.1) is 5.92 Å². The van der Waals surface area contributed by atoms with Gasteiger partial charge in [-0.25, -0.2) is 0 Å². The number of hydrogen-bond acceptors (Lipinski definition) is 3. The third-order valence-corrected chi connectivity index (χ3v) is 5.10. The van der Waals surface area contributed by atoms with Crippen molar-refractivity contribution in [1.29, 1.82) is 0 Å². The summed E-state index contributed by atoms with van der Waals surface area (Å²) in [6.07, 6.45) is 0.802. The maximum atomic E-state index is 12.2. The Labute approximate surface area is 102 Å². The second-order valence-electron chi connectivity index (χ2n) is 4.25. The lowest BCUT2D eigenvalue weighted by Gasteiger charge is -2.18. The van der Waals surface area contributed by atoms with Crippen LogP contribution in [0.25, 0.3) is 0 Å². The predicted molar refractivity (Wildman–Crippen MR) is 68.0 cm³/mol. The van der Waals surface area contributed by atoms with Gasteiger partial charge in [0.25, 0.3) is 0 Å². The Morgan fingerprint density at radius 2 is 1.94 bits per heavy atom. The van der Waals surface area contributed by atoms with Gasteiger partial charge < -0.3 is 9.05 Å². The van der Waals surface area contributed by atoms with E-state index in [0.717, 1.165) is 6.42 Å². The first-order chi connectivity index (χ1) is 8.12. The van der Waals surface area contributed by atoms with Gasteiger partial charge in [0, 0.05) is 5.31 Å². The minimum absolute atomic E-state index is 0.0846. The molecule has 1 aromatic rings. The number of allylic oxidation sites excluding steroid dienone is 1. The molecule has 1 fully saturated rings. The molecule has 1 heterocycles. The second-order valence-corrected chi connectivity index (χ2v) is 6.33. The van der Waals surface area contributed by atoms with E-state index in [-0.39, 0.29) is 5.92 Å². The van der Waals surface area contributed by atoms with Gasteiger partial charge in [-0.1, -0.05) is 43.8 Å². The average molecular weight is 252 g/mol. The monoisotopic (exact) mass is 252 g/mol. The fourth-order valence-corrected chi connectivity index (χ4v) is 3.54. The molecule has 92 valence electrons. The molecular weight excluding hydrogens is 235 g/mol. The van der Waals surface area contributed by atoms with Gasteiger partial charge in [-0.3, -0.25) is 4.57 Å². The van der Waals surface area contributed by atoms with E-state index in [9.17, 15) is 4.57 Å². The van der Waals surface area contributed by atoms with Crippen LogP contribution < -0.4 is 0 Å². The molecule has 0 bridgehead atoms. The van der Waals surface area contributed by atoms with Crippen molar-refractivity contribution in [1.82, 2.24) is 0 Å². The lowest BCUT2D eigenvalue weighted by atomic mass is 10.0. The third kappa shape index (κ3) is 2.86. The summed E-state index contributed by atoms with van der Waals surface area (Å²) >= 11 is 0. The van der Waals surface area contributed by atoms with Crippen molar-refractivity contribution >= 4 is 7.60 Å². The molecule has 0 saturated carbocycles. The average Bonchev–Trinajstić information content (AvgIpc) is 2.78. The maximum absolute atomic E-state index is 12.2. The molecule has 0 N–H and O–H groups in total. The van der Waals surface area contributed by atoms with Crippen molar-refractivity contribution < 1.29 is 13.6 Å². The Balaban J connectivity index is 2.03. The standard InChI is InChI=1S/C13H17O3P/c1-11(10-13-6-4-3-5-7-13)12(2)17(14)15-8-9-16-17/h3-7,11H,2,8-10H2,1H3. The minimum atomic E-state index is -3.05. The Morgan fingerprint density at radius 1 is 1.35 bits per heavy atom. The molecule has 1 aliphatic heterocycles. The zero-order valence-corrected chi connectivity index (χ0v) is 10.9. The van der Waals surface area contributed by atoms with Gasteiger partial charge in [-0.15, -0.1) is 0 Å². The van der Waals surface area contributed by atoms with Gasteiger partial charge in [0.05, 0.1) is 13.2 Å². The Bertz CT molecular complexity index is 431. The van der Waals surface area contributed by atoms with Gasteiger partial charge in [0.15, 0.2) is 0 Å². The van der Waals surface area contributed by atoms with Crippen LogP contribution in [0.1, 0.15) is 12.5 Å². The first-order valence-corrected chi connectivity index (χ1v) is 7.28. The van der Waals surface area contributed by atoms with Gasteiger partial charge in [-0.05, 0) is 17.9 Å². The molecule has 0 spiro atoms. The lowest BCUT2D eigenvalue weighted by Crippen LogP contribution is -2.04. The second kappa shape index (κ2) is 5.18. The fourth-order valence-electron chi connectivity index (χ4n) is 1.87. The third-order valence-electron chi connectivity index (χ3n) is 2.91. The predicted octanol–water partition coefficient (Wildman–Crippen LogP) is 3.62. The van der Waals surface area contributed by atoms with Crippen molar-refractivity contribution in [3.8, 4) is 0 Å². The summed E-state index contributed by atoms with van der Waals surface area (Å²) in [5.41, 5.74) is 1.20. The largest absolute Gasteiger partial charge is 0.357 e. The summed E-state index contributed by atoms with van der Waals surface area (Å²) in [4.78, 5) is 0. The van der Waals surface area contributed by atoms with Gasteiger partial charge in [-0.2, -0.15) is 0 Å². The van der Waals surface area contributed by atoms with Crippen LogP contribution in [0.4, 0.5) is 0 Å². The minimum Gasteiger partial charge on any atom is -0.303 e. The van der Waals surface area contributed by atoms with E-state index in [1.54, 1.807) is 0 Å². The van der Waals surface area contributed by atoms with E-state index in [1.807, 2.05) is 25.1 Å². The number of hydrogen-bond donors (Lipinski definition) is 0. The smallest absolute Gasteiger partial charge is 0.303 e. The molecule has 0 aromatic heterocycles. The molecule has 0 amide bonds. The molecule has 1 unspecified atom stereocenters. The fraction of sp³-hybridized carbons (Fsp3) is 0.385. The molecule has 3 nitrogen and oxygen atoms in total. The van der Waals surface area contributed by atoms with Crippen LogP contribution in [0.2, 0.25) is 0 Å². The highest BCUT2D eigenvalue weighted by atomic mass is 31.2. The van der Waals surface area contributed by atoms with Gasteiger partial charge in [0.2, 0.25) is 0 Å². The molecule has 2 rings (SSSR count). The van der Waals surface area contributed by atoms with Crippen LogP contribution in [-0.2, 0) is 20.0 Å². The zero-order valence-electron chi connectivity index (χ0n) is 9.96. The first kappa shape index (κ1) is 12.6. The van der Waals surface area contributed by atoms with E-state index in [2.05, 4.69) is 18.7 Å². The highest BCUT2D eigenvalue weighted by Gasteiger charge is 2.35. The van der Waals surface area contributed by atoms with Crippen LogP contribution in [0.15, 0.2) is 42.2 Å². The van der Waals surface area contributed by atoms with Crippen molar-refractivity contribution in [3.05, 3.63) is 47.8 Å². The number of benzene rings is 1. The summed E-state index contributed by atoms with van der Waals surface area (Å²) in [5, 5.41) is 0.582. The van der Waals surface area contributed by atoms with Crippen LogP contribution in [0.3, 0.4) is 0 Å². The zero-order chi connectivity index (χ0) is 12.3. The first-order valence-electron chi connectivity index (χ1n) is 5.74. The summed E-state index contributed by atoms with van der Waals surface area (Å²) in [7, 11) is -3.05. The van der Waals surface area contributed by atoms with E-state index >= 15 is 0 Å². The van der Waals surface area contributed by atoms with E-state index in [4.69, 9.17) is 9.05 Å². The van der Waals surface area contributed by atoms with Crippen LogP contribution in [0.5, 0.6) is 0 Å². The molecule has 1 atom stereocenters. The molecule has 1 aliphatic rings. The number of rotatable bonds is 4. The van der Waals surface area contributed by atoms with E-state index < -0.39 is 7.60 Å². The summed E-state index contributed by atoms with van der Waals surface area (Å²) < 4.78 is 22.6. The summed E-state index contributed by atoms with van der Waals surface area (Å²) in [5.74, 6) is 0.0846. The highest BCUT2D eigenvalue weighted by Crippen LogP contribution is 2.60. The van der Waals surface area contributed by atoms with Crippen LogP contribution in [-0.4, -0.2) is 13.2 Å². The molecular formula is C13H17O3P.